The first-order valence-electron chi connectivity index (χ1n) is 7.74. The van der Waals surface area contributed by atoms with E-state index in [1.807, 2.05) is 27.7 Å². The van der Waals surface area contributed by atoms with Gasteiger partial charge in [0, 0.05) is 11.8 Å². The highest BCUT2D eigenvalue weighted by atomic mass is 16.3. The van der Waals surface area contributed by atoms with Crippen LogP contribution < -0.4 is 0 Å². The number of hydrogen-bond acceptors (Lipinski definition) is 4. The van der Waals surface area contributed by atoms with Gasteiger partial charge in [0.2, 0.25) is 0 Å². The molecule has 0 radical (unpaired) electrons. The standard InChI is InChI=1S/C16H34O4/c1-8(2)14(18)9(3)10(4)15(19)12(6)16(20)11(5)13(7)17/h8-20H,1-7H3. The molecule has 8 unspecified atom stereocenters. The molecule has 0 amide bonds. The molecule has 0 aromatic rings. The molecule has 0 fully saturated rings. The van der Waals surface area contributed by atoms with Crippen LogP contribution in [0.4, 0.5) is 0 Å². The molecular weight excluding hydrogens is 256 g/mol. The first kappa shape index (κ1) is 19.8. The molecule has 0 spiro atoms. The number of rotatable bonds is 8. The Bertz CT molecular complexity index is 241. The van der Waals surface area contributed by atoms with E-state index in [1.165, 1.54) is 0 Å². The maximum absolute atomic E-state index is 10.4. The van der Waals surface area contributed by atoms with Gasteiger partial charge in [-0.25, -0.2) is 0 Å². The fourth-order valence-corrected chi connectivity index (χ4v) is 2.67. The highest BCUT2D eigenvalue weighted by molar-refractivity contribution is 4.85. The fourth-order valence-electron chi connectivity index (χ4n) is 2.67. The van der Waals surface area contributed by atoms with Gasteiger partial charge in [-0.05, 0) is 24.7 Å². The quantitative estimate of drug-likeness (QED) is 0.548. The minimum atomic E-state index is -0.768. The van der Waals surface area contributed by atoms with Gasteiger partial charge in [0.15, 0.2) is 0 Å². The lowest BCUT2D eigenvalue weighted by Gasteiger charge is -2.36. The molecule has 0 aliphatic carbocycles. The van der Waals surface area contributed by atoms with Crippen molar-refractivity contribution in [3.63, 3.8) is 0 Å². The molecular formula is C16H34O4. The molecule has 20 heavy (non-hydrogen) atoms. The van der Waals surface area contributed by atoms with Crippen LogP contribution in [-0.4, -0.2) is 44.8 Å². The Morgan fingerprint density at radius 1 is 0.450 bits per heavy atom. The molecule has 8 atom stereocenters. The van der Waals surface area contributed by atoms with Crippen LogP contribution in [0.25, 0.3) is 0 Å². The van der Waals surface area contributed by atoms with Crippen molar-refractivity contribution in [2.75, 3.05) is 0 Å². The van der Waals surface area contributed by atoms with Crippen LogP contribution in [0.15, 0.2) is 0 Å². The molecule has 0 aliphatic rings. The molecule has 0 aromatic heterocycles. The average Bonchev–Trinajstić information content (AvgIpc) is 2.40. The summed E-state index contributed by atoms with van der Waals surface area (Å²) in [5.74, 6) is -0.690. The molecule has 4 nitrogen and oxygen atoms in total. The molecule has 122 valence electrons. The van der Waals surface area contributed by atoms with Crippen LogP contribution in [0.3, 0.4) is 0 Å². The van der Waals surface area contributed by atoms with E-state index in [4.69, 9.17) is 0 Å². The Labute approximate surface area is 123 Å². The molecule has 4 N–H and O–H groups in total. The topological polar surface area (TPSA) is 80.9 Å². The van der Waals surface area contributed by atoms with Crippen LogP contribution in [-0.2, 0) is 0 Å². The zero-order valence-corrected chi connectivity index (χ0v) is 14.0. The first-order valence-corrected chi connectivity index (χ1v) is 7.74. The highest BCUT2D eigenvalue weighted by Gasteiger charge is 2.35. The summed E-state index contributed by atoms with van der Waals surface area (Å²) in [6, 6.07) is 0. The Hall–Kier alpha value is -0.160. The van der Waals surface area contributed by atoms with E-state index in [0.717, 1.165) is 0 Å². The first-order chi connectivity index (χ1) is 9.02. The van der Waals surface area contributed by atoms with Crippen molar-refractivity contribution in [3.8, 4) is 0 Å². The van der Waals surface area contributed by atoms with Gasteiger partial charge in [0.05, 0.1) is 24.4 Å². The third kappa shape index (κ3) is 4.99. The van der Waals surface area contributed by atoms with E-state index in [2.05, 4.69) is 0 Å². The lowest BCUT2D eigenvalue weighted by atomic mass is 9.76. The third-order valence-electron chi connectivity index (χ3n) is 4.97. The summed E-state index contributed by atoms with van der Waals surface area (Å²) < 4.78 is 0. The monoisotopic (exact) mass is 290 g/mol. The maximum Gasteiger partial charge on any atom is 0.0640 e. The molecule has 0 aliphatic heterocycles. The van der Waals surface area contributed by atoms with E-state index in [9.17, 15) is 20.4 Å². The molecule has 0 aromatic carbocycles. The Balaban J connectivity index is 4.75. The zero-order chi connectivity index (χ0) is 16.2. The summed E-state index contributed by atoms with van der Waals surface area (Å²) in [6.45, 7) is 12.9. The van der Waals surface area contributed by atoms with E-state index in [-0.39, 0.29) is 29.6 Å². The second kappa shape index (κ2) is 8.32. The second-order valence-electron chi connectivity index (χ2n) is 6.89. The molecule has 0 bridgehead atoms. The van der Waals surface area contributed by atoms with E-state index < -0.39 is 24.4 Å². The minimum Gasteiger partial charge on any atom is -0.393 e. The van der Waals surface area contributed by atoms with E-state index >= 15 is 0 Å². The van der Waals surface area contributed by atoms with Gasteiger partial charge >= 0.3 is 0 Å². The van der Waals surface area contributed by atoms with Gasteiger partial charge in [-0.2, -0.15) is 0 Å². The summed E-state index contributed by atoms with van der Waals surface area (Å²) in [5.41, 5.74) is 0. The largest absolute Gasteiger partial charge is 0.393 e. The van der Waals surface area contributed by atoms with Gasteiger partial charge in [-0.15, -0.1) is 0 Å². The average molecular weight is 290 g/mol. The normalized spacial score (nSPS) is 24.6. The molecule has 0 saturated heterocycles. The van der Waals surface area contributed by atoms with Crippen molar-refractivity contribution < 1.29 is 20.4 Å². The highest BCUT2D eigenvalue weighted by Crippen LogP contribution is 2.30. The second-order valence-corrected chi connectivity index (χ2v) is 6.89. The molecule has 0 rings (SSSR count). The summed E-state index contributed by atoms with van der Waals surface area (Å²) in [6.07, 6.45) is -2.57. The van der Waals surface area contributed by atoms with Crippen LogP contribution in [0, 0.1) is 29.6 Å². The SMILES string of the molecule is CC(C)C(O)C(C)C(C)C(O)C(C)C(O)C(C)C(C)O. The predicted octanol–water partition coefficient (Wildman–Crippen LogP) is 1.65. The number of aliphatic hydroxyl groups is 4. The molecule has 0 saturated carbocycles. The Kier molecular flexibility index (Phi) is 8.26. The van der Waals surface area contributed by atoms with Crippen LogP contribution in [0.2, 0.25) is 0 Å². The van der Waals surface area contributed by atoms with Gasteiger partial charge < -0.3 is 20.4 Å². The Morgan fingerprint density at radius 2 is 0.800 bits per heavy atom. The Morgan fingerprint density at radius 3 is 1.15 bits per heavy atom. The summed E-state index contributed by atoms with van der Waals surface area (Å²) in [5, 5.41) is 40.3. The lowest BCUT2D eigenvalue weighted by molar-refractivity contribution is -0.0744. The maximum atomic E-state index is 10.4. The fraction of sp³-hybridized carbons (Fsp3) is 1.00. The van der Waals surface area contributed by atoms with Gasteiger partial charge in [0.1, 0.15) is 0 Å². The van der Waals surface area contributed by atoms with Crippen molar-refractivity contribution in [1.29, 1.82) is 0 Å². The smallest absolute Gasteiger partial charge is 0.0640 e. The van der Waals surface area contributed by atoms with Crippen LogP contribution in [0.5, 0.6) is 0 Å². The third-order valence-corrected chi connectivity index (χ3v) is 4.97. The minimum absolute atomic E-state index is 0.0542. The zero-order valence-electron chi connectivity index (χ0n) is 14.0. The summed E-state index contributed by atoms with van der Waals surface area (Å²) >= 11 is 0. The van der Waals surface area contributed by atoms with E-state index in [1.54, 1.807) is 20.8 Å². The van der Waals surface area contributed by atoms with E-state index in [0.29, 0.717) is 0 Å². The molecule has 4 heteroatoms. The number of hydrogen-bond donors (Lipinski definition) is 4. The van der Waals surface area contributed by atoms with Crippen molar-refractivity contribution in [2.45, 2.75) is 72.9 Å². The summed E-state index contributed by atoms with van der Waals surface area (Å²) in [7, 11) is 0. The predicted molar refractivity (Wildman–Crippen MR) is 81.2 cm³/mol. The summed E-state index contributed by atoms with van der Waals surface area (Å²) in [4.78, 5) is 0. The van der Waals surface area contributed by atoms with Gasteiger partial charge in [0.25, 0.3) is 0 Å². The van der Waals surface area contributed by atoms with Crippen molar-refractivity contribution in [3.05, 3.63) is 0 Å². The van der Waals surface area contributed by atoms with Crippen LogP contribution >= 0.6 is 0 Å². The van der Waals surface area contributed by atoms with Crippen molar-refractivity contribution in [1.82, 2.24) is 0 Å². The van der Waals surface area contributed by atoms with Crippen LogP contribution in [0.1, 0.15) is 48.5 Å². The lowest BCUT2D eigenvalue weighted by Crippen LogP contribution is -2.44. The van der Waals surface area contributed by atoms with Gasteiger partial charge in [-0.1, -0.05) is 41.5 Å². The van der Waals surface area contributed by atoms with Gasteiger partial charge in [-0.3, -0.25) is 0 Å². The van der Waals surface area contributed by atoms with Crippen molar-refractivity contribution >= 4 is 0 Å². The molecule has 0 heterocycles. The van der Waals surface area contributed by atoms with Crippen molar-refractivity contribution in [2.24, 2.45) is 29.6 Å². The number of aliphatic hydroxyl groups excluding tert-OH is 4.